The normalized spacial score (nSPS) is 10.3. The summed E-state index contributed by atoms with van der Waals surface area (Å²) in [5, 5.41) is 2.92. The summed E-state index contributed by atoms with van der Waals surface area (Å²) in [4.78, 5) is 12.6. The summed E-state index contributed by atoms with van der Waals surface area (Å²) in [6.45, 7) is 4.50. The molecule has 0 bridgehead atoms. The van der Waals surface area contributed by atoms with Gasteiger partial charge in [-0.15, -0.1) is 0 Å². The van der Waals surface area contributed by atoms with E-state index in [1.54, 1.807) is 25.3 Å². The topological polar surface area (TPSA) is 47.6 Å². The second-order valence-electron chi connectivity index (χ2n) is 6.39. The zero-order valence-corrected chi connectivity index (χ0v) is 15.8. The largest absolute Gasteiger partial charge is 0.493 e. The fourth-order valence-corrected chi connectivity index (χ4v) is 2.69. The molecule has 0 fully saturated rings. The van der Waals surface area contributed by atoms with Crippen LogP contribution in [-0.4, -0.2) is 13.0 Å². The summed E-state index contributed by atoms with van der Waals surface area (Å²) in [7, 11) is 1.57. The van der Waals surface area contributed by atoms with Gasteiger partial charge in [0, 0.05) is 11.3 Å². The van der Waals surface area contributed by atoms with Gasteiger partial charge in [0.2, 0.25) is 0 Å². The number of carbonyl (C=O) groups excluding carboxylic acids is 1. The summed E-state index contributed by atoms with van der Waals surface area (Å²) >= 11 is 0. The first kappa shape index (κ1) is 18.5. The standard InChI is InChI=1S/C23H23NO3/c1-16-9-11-20(13-17(16)2)24-23(25)19-10-12-21(22(14-19)26-3)27-15-18-7-5-4-6-8-18/h4-14H,15H2,1-3H3,(H,24,25). The minimum Gasteiger partial charge on any atom is -0.493 e. The maximum Gasteiger partial charge on any atom is 0.255 e. The molecule has 4 heteroatoms. The van der Waals surface area contributed by atoms with Gasteiger partial charge in [-0.2, -0.15) is 0 Å². The molecule has 0 aliphatic heterocycles. The third-order valence-electron chi connectivity index (χ3n) is 4.43. The number of amides is 1. The molecular weight excluding hydrogens is 338 g/mol. The van der Waals surface area contributed by atoms with Crippen LogP contribution in [0.3, 0.4) is 0 Å². The maximum absolute atomic E-state index is 12.6. The molecular formula is C23H23NO3. The van der Waals surface area contributed by atoms with Gasteiger partial charge in [0.05, 0.1) is 7.11 Å². The van der Waals surface area contributed by atoms with Crippen LogP contribution >= 0.6 is 0 Å². The van der Waals surface area contributed by atoms with Gasteiger partial charge in [-0.3, -0.25) is 4.79 Å². The Labute approximate surface area is 159 Å². The third kappa shape index (κ3) is 4.67. The third-order valence-corrected chi connectivity index (χ3v) is 4.43. The Bertz CT molecular complexity index is 936. The summed E-state index contributed by atoms with van der Waals surface area (Å²) in [5.74, 6) is 0.939. The van der Waals surface area contributed by atoms with Crippen LogP contribution in [-0.2, 0) is 6.61 Å². The highest BCUT2D eigenvalue weighted by atomic mass is 16.5. The lowest BCUT2D eigenvalue weighted by Gasteiger charge is -2.13. The Morgan fingerprint density at radius 1 is 0.889 bits per heavy atom. The Morgan fingerprint density at radius 2 is 1.67 bits per heavy atom. The van der Waals surface area contributed by atoms with E-state index in [4.69, 9.17) is 9.47 Å². The number of ether oxygens (including phenoxy) is 2. The monoisotopic (exact) mass is 361 g/mol. The fourth-order valence-electron chi connectivity index (χ4n) is 2.69. The maximum atomic E-state index is 12.6. The van der Waals surface area contributed by atoms with Crippen LogP contribution in [0.2, 0.25) is 0 Å². The van der Waals surface area contributed by atoms with Crippen molar-refractivity contribution in [3.05, 3.63) is 89.0 Å². The van der Waals surface area contributed by atoms with E-state index in [-0.39, 0.29) is 5.91 Å². The summed E-state index contributed by atoms with van der Waals surface area (Å²) in [6.07, 6.45) is 0. The smallest absolute Gasteiger partial charge is 0.255 e. The zero-order valence-electron chi connectivity index (χ0n) is 15.8. The fraction of sp³-hybridized carbons (Fsp3) is 0.174. The van der Waals surface area contributed by atoms with Crippen molar-refractivity contribution in [2.24, 2.45) is 0 Å². The van der Waals surface area contributed by atoms with E-state index in [2.05, 4.69) is 5.32 Å². The van der Waals surface area contributed by atoms with Gasteiger partial charge in [0.15, 0.2) is 11.5 Å². The number of benzene rings is 3. The SMILES string of the molecule is COc1cc(C(=O)Nc2ccc(C)c(C)c2)ccc1OCc1ccccc1. The van der Waals surface area contributed by atoms with Crippen LogP contribution in [0, 0.1) is 13.8 Å². The average molecular weight is 361 g/mol. The Kier molecular flexibility index (Phi) is 5.77. The zero-order chi connectivity index (χ0) is 19.2. The number of rotatable bonds is 6. The second kappa shape index (κ2) is 8.41. The molecule has 27 heavy (non-hydrogen) atoms. The van der Waals surface area contributed by atoms with Crippen molar-refractivity contribution in [3.8, 4) is 11.5 Å². The predicted molar refractivity (Wildman–Crippen MR) is 108 cm³/mol. The van der Waals surface area contributed by atoms with Crippen molar-refractivity contribution in [1.82, 2.24) is 0 Å². The number of hydrogen-bond acceptors (Lipinski definition) is 3. The van der Waals surface area contributed by atoms with Crippen molar-refractivity contribution < 1.29 is 14.3 Å². The van der Waals surface area contributed by atoms with Gasteiger partial charge in [-0.1, -0.05) is 36.4 Å². The molecule has 0 spiro atoms. The van der Waals surface area contributed by atoms with E-state index in [9.17, 15) is 4.79 Å². The molecule has 138 valence electrons. The van der Waals surface area contributed by atoms with Gasteiger partial charge >= 0.3 is 0 Å². The minimum absolute atomic E-state index is 0.189. The molecule has 0 heterocycles. The lowest BCUT2D eigenvalue weighted by molar-refractivity contribution is 0.102. The Morgan fingerprint density at radius 3 is 2.37 bits per heavy atom. The van der Waals surface area contributed by atoms with E-state index in [1.165, 1.54) is 5.56 Å². The summed E-state index contributed by atoms with van der Waals surface area (Å²) in [6, 6.07) is 20.9. The van der Waals surface area contributed by atoms with Crippen LogP contribution in [0.25, 0.3) is 0 Å². The van der Waals surface area contributed by atoms with Crippen LogP contribution in [0.1, 0.15) is 27.0 Å². The van der Waals surface area contributed by atoms with E-state index in [0.717, 1.165) is 16.8 Å². The molecule has 3 aromatic rings. The average Bonchev–Trinajstić information content (AvgIpc) is 2.69. The minimum atomic E-state index is -0.189. The van der Waals surface area contributed by atoms with Crippen LogP contribution in [0.4, 0.5) is 5.69 Å². The van der Waals surface area contributed by atoms with Crippen molar-refractivity contribution >= 4 is 11.6 Å². The number of aryl methyl sites for hydroxylation is 2. The van der Waals surface area contributed by atoms with Gasteiger partial charge < -0.3 is 14.8 Å². The predicted octanol–water partition coefficient (Wildman–Crippen LogP) is 5.14. The van der Waals surface area contributed by atoms with Crippen molar-refractivity contribution in [2.45, 2.75) is 20.5 Å². The number of nitrogens with one attached hydrogen (secondary N) is 1. The highest BCUT2D eigenvalue weighted by Gasteiger charge is 2.12. The quantitative estimate of drug-likeness (QED) is 0.661. The highest BCUT2D eigenvalue weighted by molar-refractivity contribution is 6.04. The van der Waals surface area contributed by atoms with E-state index in [0.29, 0.717) is 23.7 Å². The van der Waals surface area contributed by atoms with Crippen molar-refractivity contribution in [3.63, 3.8) is 0 Å². The van der Waals surface area contributed by atoms with Gasteiger partial charge in [0.25, 0.3) is 5.91 Å². The number of carbonyl (C=O) groups is 1. The molecule has 1 N–H and O–H groups in total. The van der Waals surface area contributed by atoms with Crippen LogP contribution in [0.15, 0.2) is 66.7 Å². The van der Waals surface area contributed by atoms with Gasteiger partial charge in [-0.05, 0) is 60.9 Å². The van der Waals surface area contributed by atoms with Gasteiger partial charge in [-0.25, -0.2) is 0 Å². The first-order valence-corrected chi connectivity index (χ1v) is 8.80. The number of anilines is 1. The van der Waals surface area contributed by atoms with Gasteiger partial charge in [0.1, 0.15) is 6.61 Å². The Hall–Kier alpha value is -3.27. The van der Waals surface area contributed by atoms with Crippen LogP contribution in [0.5, 0.6) is 11.5 Å². The first-order chi connectivity index (χ1) is 13.1. The lowest BCUT2D eigenvalue weighted by Crippen LogP contribution is -2.12. The number of hydrogen-bond donors (Lipinski definition) is 1. The molecule has 3 rings (SSSR count). The second-order valence-corrected chi connectivity index (χ2v) is 6.39. The molecule has 0 aromatic heterocycles. The first-order valence-electron chi connectivity index (χ1n) is 8.80. The molecule has 0 saturated heterocycles. The molecule has 0 unspecified atom stereocenters. The molecule has 3 aromatic carbocycles. The molecule has 4 nitrogen and oxygen atoms in total. The van der Waals surface area contributed by atoms with E-state index >= 15 is 0 Å². The molecule has 0 atom stereocenters. The molecule has 0 aliphatic carbocycles. The lowest BCUT2D eigenvalue weighted by atomic mass is 10.1. The molecule has 0 radical (unpaired) electrons. The molecule has 0 aliphatic rings. The van der Waals surface area contributed by atoms with E-state index < -0.39 is 0 Å². The van der Waals surface area contributed by atoms with Crippen molar-refractivity contribution in [2.75, 3.05) is 12.4 Å². The van der Waals surface area contributed by atoms with Crippen LogP contribution < -0.4 is 14.8 Å². The molecule has 0 saturated carbocycles. The number of methoxy groups -OCH3 is 1. The summed E-state index contributed by atoms with van der Waals surface area (Å²) < 4.78 is 11.2. The highest BCUT2D eigenvalue weighted by Crippen LogP contribution is 2.29. The summed E-state index contributed by atoms with van der Waals surface area (Å²) in [5.41, 5.74) is 4.67. The van der Waals surface area contributed by atoms with Crippen molar-refractivity contribution in [1.29, 1.82) is 0 Å². The van der Waals surface area contributed by atoms with E-state index in [1.807, 2.05) is 62.4 Å². The Balaban J connectivity index is 1.72. The molecule has 1 amide bonds.